The van der Waals surface area contributed by atoms with Gasteiger partial charge in [0.25, 0.3) is 0 Å². The van der Waals surface area contributed by atoms with Crippen molar-refractivity contribution in [3.05, 3.63) is 133 Å². The molecule has 180 valence electrons. The van der Waals surface area contributed by atoms with Gasteiger partial charge in [-0.1, -0.05) is 142 Å². The standard InChI is InChI=1S/C36H30O/c1-36(2,3)29-22-23-30(27-14-8-5-9-15-27)33(24-29)35-32-17-11-10-16-31(32)34(37-35)28-20-18-26(19-21-28)25-12-6-4-7-13-25/h4-24H,1-3H3. The second-order valence-electron chi connectivity index (χ2n) is 10.6. The molecule has 0 aliphatic heterocycles. The molecule has 1 heteroatoms. The van der Waals surface area contributed by atoms with Crippen LogP contribution in [0.1, 0.15) is 26.3 Å². The Bertz CT molecular complexity index is 1670. The van der Waals surface area contributed by atoms with Crippen molar-refractivity contribution in [1.29, 1.82) is 0 Å². The topological polar surface area (TPSA) is 13.1 Å². The van der Waals surface area contributed by atoms with Crippen LogP contribution in [0.4, 0.5) is 0 Å². The summed E-state index contributed by atoms with van der Waals surface area (Å²) in [5.41, 5.74) is 8.30. The van der Waals surface area contributed by atoms with Crippen molar-refractivity contribution in [2.75, 3.05) is 0 Å². The van der Waals surface area contributed by atoms with Crippen LogP contribution in [0.3, 0.4) is 0 Å². The maximum Gasteiger partial charge on any atom is 0.143 e. The third kappa shape index (κ3) is 4.38. The summed E-state index contributed by atoms with van der Waals surface area (Å²) in [4.78, 5) is 0. The molecule has 0 bridgehead atoms. The summed E-state index contributed by atoms with van der Waals surface area (Å²) in [6.45, 7) is 6.77. The van der Waals surface area contributed by atoms with Crippen LogP contribution in [0, 0.1) is 0 Å². The Morgan fingerprint density at radius 1 is 0.432 bits per heavy atom. The van der Waals surface area contributed by atoms with E-state index in [1.165, 1.54) is 27.8 Å². The molecule has 1 aromatic heterocycles. The zero-order valence-electron chi connectivity index (χ0n) is 21.5. The van der Waals surface area contributed by atoms with Gasteiger partial charge < -0.3 is 4.42 Å². The summed E-state index contributed by atoms with van der Waals surface area (Å²) >= 11 is 0. The fraction of sp³-hybridized carbons (Fsp3) is 0.111. The Kier molecular flexibility index (Phi) is 5.77. The van der Waals surface area contributed by atoms with Crippen LogP contribution in [0.5, 0.6) is 0 Å². The lowest BCUT2D eigenvalue weighted by molar-refractivity contribution is 0.587. The van der Waals surface area contributed by atoms with E-state index in [0.717, 1.165) is 33.4 Å². The van der Waals surface area contributed by atoms with Gasteiger partial charge in [0.15, 0.2) is 0 Å². The fourth-order valence-corrected chi connectivity index (χ4v) is 5.02. The maximum atomic E-state index is 6.81. The third-order valence-electron chi connectivity index (χ3n) is 7.09. The maximum absolute atomic E-state index is 6.81. The Morgan fingerprint density at radius 3 is 1.57 bits per heavy atom. The first kappa shape index (κ1) is 23.1. The van der Waals surface area contributed by atoms with Gasteiger partial charge in [0, 0.05) is 21.9 Å². The zero-order valence-corrected chi connectivity index (χ0v) is 21.5. The molecule has 0 spiro atoms. The van der Waals surface area contributed by atoms with E-state index in [1.54, 1.807) is 0 Å². The first-order chi connectivity index (χ1) is 18.0. The lowest BCUT2D eigenvalue weighted by Crippen LogP contribution is -2.11. The SMILES string of the molecule is CC(C)(C)c1ccc(-c2ccccc2)c(-c2oc(-c3ccc(-c4ccccc4)cc3)c3ccccc23)c1. The number of benzene rings is 5. The molecule has 0 atom stereocenters. The van der Waals surface area contributed by atoms with Crippen molar-refractivity contribution < 1.29 is 4.42 Å². The van der Waals surface area contributed by atoms with Crippen molar-refractivity contribution in [2.45, 2.75) is 26.2 Å². The van der Waals surface area contributed by atoms with Gasteiger partial charge in [0.05, 0.1) is 0 Å². The predicted octanol–water partition coefficient (Wildman–Crippen LogP) is 10.4. The summed E-state index contributed by atoms with van der Waals surface area (Å²) in [6.07, 6.45) is 0. The van der Waals surface area contributed by atoms with Crippen LogP contribution in [-0.4, -0.2) is 0 Å². The zero-order chi connectivity index (χ0) is 25.4. The van der Waals surface area contributed by atoms with Gasteiger partial charge in [0.2, 0.25) is 0 Å². The van der Waals surface area contributed by atoms with Crippen molar-refractivity contribution >= 4 is 10.8 Å². The van der Waals surface area contributed by atoms with Gasteiger partial charge >= 0.3 is 0 Å². The highest BCUT2D eigenvalue weighted by molar-refractivity contribution is 6.04. The van der Waals surface area contributed by atoms with Gasteiger partial charge in [-0.05, 0) is 39.3 Å². The van der Waals surface area contributed by atoms with Gasteiger partial charge in [0.1, 0.15) is 11.5 Å². The molecule has 6 rings (SSSR count). The monoisotopic (exact) mass is 478 g/mol. The van der Waals surface area contributed by atoms with Gasteiger partial charge in [-0.25, -0.2) is 0 Å². The number of fused-ring (bicyclic) bond motifs is 1. The van der Waals surface area contributed by atoms with E-state index in [1.807, 2.05) is 6.07 Å². The van der Waals surface area contributed by atoms with E-state index in [-0.39, 0.29) is 5.41 Å². The smallest absolute Gasteiger partial charge is 0.143 e. The number of hydrogen-bond acceptors (Lipinski definition) is 1. The molecule has 0 unspecified atom stereocenters. The second-order valence-corrected chi connectivity index (χ2v) is 10.6. The Labute approximate surface area is 219 Å². The first-order valence-electron chi connectivity index (χ1n) is 12.9. The summed E-state index contributed by atoms with van der Waals surface area (Å²) in [5.74, 6) is 1.83. The molecule has 0 saturated heterocycles. The second kappa shape index (κ2) is 9.26. The number of furan rings is 1. The van der Waals surface area contributed by atoms with E-state index in [4.69, 9.17) is 4.42 Å². The highest BCUT2D eigenvalue weighted by atomic mass is 16.3. The minimum Gasteiger partial charge on any atom is -0.455 e. The number of rotatable bonds is 4. The van der Waals surface area contributed by atoms with Crippen molar-refractivity contribution in [3.63, 3.8) is 0 Å². The molecule has 5 aromatic carbocycles. The highest BCUT2D eigenvalue weighted by Crippen LogP contribution is 2.44. The van der Waals surface area contributed by atoms with E-state index in [9.17, 15) is 0 Å². The average molecular weight is 479 g/mol. The molecule has 0 aliphatic rings. The minimum absolute atomic E-state index is 0.0302. The van der Waals surface area contributed by atoms with Gasteiger partial charge in [-0.2, -0.15) is 0 Å². The van der Waals surface area contributed by atoms with E-state index in [2.05, 4.69) is 142 Å². The molecule has 6 aromatic rings. The van der Waals surface area contributed by atoms with Crippen molar-refractivity contribution in [2.24, 2.45) is 0 Å². The molecule has 1 nitrogen and oxygen atoms in total. The molecule has 0 aliphatic carbocycles. The Balaban J connectivity index is 1.54. The molecule has 1 heterocycles. The number of hydrogen-bond donors (Lipinski definition) is 0. The highest BCUT2D eigenvalue weighted by Gasteiger charge is 2.22. The molecule has 0 N–H and O–H groups in total. The first-order valence-corrected chi connectivity index (χ1v) is 12.9. The summed E-state index contributed by atoms with van der Waals surface area (Å²) < 4.78 is 6.81. The largest absolute Gasteiger partial charge is 0.455 e. The average Bonchev–Trinajstić information content (AvgIpc) is 3.33. The summed E-state index contributed by atoms with van der Waals surface area (Å²) in [5, 5.41) is 2.26. The van der Waals surface area contributed by atoms with E-state index >= 15 is 0 Å². The van der Waals surface area contributed by atoms with Crippen LogP contribution in [0.2, 0.25) is 0 Å². The van der Waals surface area contributed by atoms with Crippen molar-refractivity contribution in [3.8, 4) is 44.9 Å². The van der Waals surface area contributed by atoms with Crippen LogP contribution in [-0.2, 0) is 5.41 Å². The molecule has 0 fully saturated rings. The molecule has 0 radical (unpaired) electrons. The molecule has 0 saturated carbocycles. The quantitative estimate of drug-likeness (QED) is 0.246. The Hall–Kier alpha value is -4.36. The summed E-state index contributed by atoms with van der Waals surface area (Å²) in [6, 6.07) is 45.1. The molecular weight excluding hydrogens is 448 g/mol. The molecule has 0 amide bonds. The molecular formula is C36H30O. The van der Waals surface area contributed by atoms with Crippen molar-refractivity contribution in [1.82, 2.24) is 0 Å². The van der Waals surface area contributed by atoms with Crippen LogP contribution in [0.15, 0.2) is 132 Å². The predicted molar refractivity (Wildman–Crippen MR) is 157 cm³/mol. The van der Waals surface area contributed by atoms with Gasteiger partial charge in [-0.15, -0.1) is 0 Å². The lowest BCUT2D eigenvalue weighted by atomic mass is 9.83. The Morgan fingerprint density at radius 2 is 0.946 bits per heavy atom. The van der Waals surface area contributed by atoms with Gasteiger partial charge in [-0.3, -0.25) is 0 Å². The van der Waals surface area contributed by atoms with E-state index < -0.39 is 0 Å². The summed E-state index contributed by atoms with van der Waals surface area (Å²) in [7, 11) is 0. The van der Waals surface area contributed by atoms with Crippen LogP contribution < -0.4 is 0 Å². The fourth-order valence-electron chi connectivity index (χ4n) is 5.02. The minimum atomic E-state index is 0.0302. The third-order valence-corrected chi connectivity index (χ3v) is 7.09. The lowest BCUT2D eigenvalue weighted by Gasteiger charge is -2.21. The van der Waals surface area contributed by atoms with E-state index in [0.29, 0.717) is 0 Å². The van der Waals surface area contributed by atoms with Crippen LogP contribution >= 0.6 is 0 Å². The molecule has 37 heavy (non-hydrogen) atoms. The normalized spacial score (nSPS) is 11.6. The van der Waals surface area contributed by atoms with Crippen LogP contribution in [0.25, 0.3) is 55.7 Å².